The number of hydrogen-bond acceptors (Lipinski definition) is 4. The van der Waals surface area contributed by atoms with E-state index in [9.17, 15) is 14.4 Å². The van der Waals surface area contributed by atoms with E-state index < -0.39 is 23.2 Å². The highest BCUT2D eigenvalue weighted by molar-refractivity contribution is 6.31. The maximum absolute atomic E-state index is 13.7. The van der Waals surface area contributed by atoms with Crippen molar-refractivity contribution in [2.75, 3.05) is 4.90 Å². The number of carbonyl (C=O) groups is 3. The van der Waals surface area contributed by atoms with Crippen LogP contribution in [0, 0.1) is 12.8 Å². The maximum Gasteiger partial charge on any atom is 0.327 e. The van der Waals surface area contributed by atoms with E-state index in [1.54, 1.807) is 54.6 Å². The fourth-order valence-electron chi connectivity index (χ4n) is 4.64. The third kappa shape index (κ3) is 2.96. The number of fused-ring (bicyclic) bond motifs is 1. The molecular formula is C25H17Cl2NO4. The predicted molar refractivity (Wildman–Crippen MR) is 121 cm³/mol. The minimum atomic E-state index is -1.52. The van der Waals surface area contributed by atoms with E-state index in [1.807, 2.05) is 19.1 Å². The van der Waals surface area contributed by atoms with E-state index in [4.69, 9.17) is 27.9 Å². The number of aryl methyl sites for hydroxylation is 1. The molecule has 3 aromatic rings. The fraction of sp³-hybridized carbons (Fsp3) is 0.160. The molecule has 0 radical (unpaired) electrons. The average molecular weight is 466 g/mol. The van der Waals surface area contributed by atoms with Crippen LogP contribution in [0.3, 0.4) is 0 Å². The van der Waals surface area contributed by atoms with Gasteiger partial charge < -0.3 is 4.74 Å². The monoisotopic (exact) mass is 465 g/mol. The molecule has 0 N–H and O–H groups in total. The number of anilines is 1. The van der Waals surface area contributed by atoms with Gasteiger partial charge in [0.2, 0.25) is 11.8 Å². The van der Waals surface area contributed by atoms with Crippen molar-refractivity contribution in [3.05, 3.63) is 93.5 Å². The Kier molecular flexibility index (Phi) is 4.84. The Labute approximate surface area is 194 Å². The zero-order valence-electron chi connectivity index (χ0n) is 17.0. The van der Waals surface area contributed by atoms with E-state index in [0.717, 1.165) is 10.5 Å². The van der Waals surface area contributed by atoms with Crippen molar-refractivity contribution in [2.45, 2.75) is 18.8 Å². The lowest BCUT2D eigenvalue weighted by atomic mass is 9.66. The highest BCUT2D eigenvalue weighted by Gasteiger charge is 2.62. The summed E-state index contributed by atoms with van der Waals surface area (Å²) in [7, 11) is 0. The van der Waals surface area contributed by atoms with Gasteiger partial charge in [0, 0.05) is 22.0 Å². The lowest BCUT2D eigenvalue weighted by Gasteiger charge is -2.31. The van der Waals surface area contributed by atoms with Gasteiger partial charge >= 0.3 is 5.97 Å². The van der Waals surface area contributed by atoms with E-state index in [1.165, 1.54) is 0 Å². The Balaban J connectivity index is 1.71. The number of hydrogen-bond donors (Lipinski definition) is 0. The number of amides is 2. The lowest BCUT2D eigenvalue weighted by Crippen LogP contribution is -2.46. The van der Waals surface area contributed by atoms with Gasteiger partial charge in [-0.3, -0.25) is 19.3 Å². The Bertz CT molecular complexity index is 1270. The predicted octanol–water partition coefficient (Wildman–Crippen LogP) is 5.09. The minimum Gasteiger partial charge on any atom is -0.425 e. The molecule has 3 aromatic carbocycles. The lowest BCUT2D eigenvalue weighted by molar-refractivity contribution is -0.141. The SMILES string of the molecule is Cc1ccc(N2C(=O)C[C@@H]([C@@]3(c4ccc(Cl)cc4)C(=O)Oc4ccc(Cl)cc43)C2=O)cc1. The first-order valence-corrected chi connectivity index (χ1v) is 10.8. The van der Waals surface area contributed by atoms with Crippen LogP contribution in [0.5, 0.6) is 5.75 Å². The number of ether oxygens (including phenoxy) is 1. The van der Waals surface area contributed by atoms with E-state index in [0.29, 0.717) is 32.6 Å². The van der Waals surface area contributed by atoms with Crippen LogP contribution in [0.1, 0.15) is 23.1 Å². The number of benzene rings is 3. The van der Waals surface area contributed by atoms with E-state index in [-0.39, 0.29) is 12.3 Å². The first kappa shape index (κ1) is 20.7. The Morgan fingerprint density at radius 1 is 0.906 bits per heavy atom. The number of imide groups is 1. The quantitative estimate of drug-likeness (QED) is 0.307. The topological polar surface area (TPSA) is 63.7 Å². The van der Waals surface area contributed by atoms with Gasteiger partial charge in [0.25, 0.3) is 0 Å². The van der Waals surface area contributed by atoms with Crippen molar-refractivity contribution in [1.82, 2.24) is 0 Å². The molecule has 2 heterocycles. The molecule has 1 saturated heterocycles. The van der Waals surface area contributed by atoms with Crippen LogP contribution in [-0.2, 0) is 19.8 Å². The molecule has 2 atom stereocenters. The number of esters is 1. The van der Waals surface area contributed by atoms with Crippen LogP contribution in [0.2, 0.25) is 10.0 Å². The molecule has 5 rings (SSSR count). The highest BCUT2D eigenvalue weighted by atomic mass is 35.5. The fourth-order valence-corrected chi connectivity index (χ4v) is 4.94. The zero-order valence-corrected chi connectivity index (χ0v) is 18.5. The smallest absolute Gasteiger partial charge is 0.327 e. The molecule has 1 fully saturated rings. The molecule has 0 unspecified atom stereocenters. The molecule has 5 nitrogen and oxygen atoms in total. The van der Waals surface area contributed by atoms with Crippen LogP contribution in [0.15, 0.2) is 66.7 Å². The van der Waals surface area contributed by atoms with Gasteiger partial charge in [-0.2, -0.15) is 0 Å². The normalized spacial score (nSPS) is 22.3. The third-order valence-electron chi connectivity index (χ3n) is 6.15. The Hall–Kier alpha value is -3.15. The molecule has 2 aliphatic rings. The largest absolute Gasteiger partial charge is 0.425 e. The van der Waals surface area contributed by atoms with E-state index >= 15 is 0 Å². The molecule has 7 heteroatoms. The van der Waals surface area contributed by atoms with Gasteiger partial charge in [-0.25, -0.2) is 0 Å². The van der Waals surface area contributed by atoms with Crippen LogP contribution in [0.4, 0.5) is 5.69 Å². The van der Waals surface area contributed by atoms with Gasteiger partial charge in [-0.1, -0.05) is 53.0 Å². The summed E-state index contributed by atoms with van der Waals surface area (Å²) in [4.78, 5) is 41.4. The summed E-state index contributed by atoms with van der Waals surface area (Å²) in [5.74, 6) is -2.12. The van der Waals surface area contributed by atoms with Gasteiger partial charge in [-0.15, -0.1) is 0 Å². The first-order valence-electron chi connectivity index (χ1n) is 10.0. The van der Waals surface area contributed by atoms with Crippen LogP contribution >= 0.6 is 23.2 Å². The Morgan fingerprint density at radius 3 is 2.25 bits per heavy atom. The zero-order chi connectivity index (χ0) is 22.6. The summed E-state index contributed by atoms with van der Waals surface area (Å²) in [6.07, 6.45) is -0.142. The summed E-state index contributed by atoms with van der Waals surface area (Å²) in [5.41, 5.74) is 0.942. The van der Waals surface area contributed by atoms with Crippen molar-refractivity contribution in [1.29, 1.82) is 0 Å². The highest BCUT2D eigenvalue weighted by Crippen LogP contribution is 2.53. The maximum atomic E-state index is 13.7. The van der Waals surface area contributed by atoms with Crippen LogP contribution in [0.25, 0.3) is 0 Å². The molecule has 0 spiro atoms. The number of rotatable bonds is 3. The van der Waals surface area contributed by atoms with Gasteiger partial charge in [0.15, 0.2) is 0 Å². The van der Waals surface area contributed by atoms with Crippen molar-refractivity contribution >= 4 is 46.7 Å². The molecular weight excluding hydrogens is 449 g/mol. The van der Waals surface area contributed by atoms with Crippen LogP contribution < -0.4 is 9.64 Å². The molecule has 160 valence electrons. The standard InChI is InChI=1S/C25H17Cl2NO4/c1-14-2-9-18(10-3-14)28-22(29)13-20(23(28)30)25(15-4-6-16(26)7-5-15)19-12-17(27)8-11-21(19)32-24(25)31/h2-12,20H,13H2,1H3/t20-,25+/m1/s1. The van der Waals surface area contributed by atoms with Crippen molar-refractivity contribution in [3.8, 4) is 5.75 Å². The second kappa shape index (κ2) is 7.47. The van der Waals surface area contributed by atoms with Gasteiger partial charge in [-0.05, 0) is 55.0 Å². The molecule has 0 aliphatic carbocycles. The number of nitrogens with zero attached hydrogens (tertiary/aromatic N) is 1. The Morgan fingerprint density at radius 2 is 1.56 bits per heavy atom. The van der Waals surface area contributed by atoms with Crippen LogP contribution in [-0.4, -0.2) is 17.8 Å². The average Bonchev–Trinajstić information content (AvgIpc) is 3.22. The molecule has 0 saturated carbocycles. The van der Waals surface area contributed by atoms with Gasteiger partial charge in [0.1, 0.15) is 11.2 Å². The third-order valence-corrected chi connectivity index (χ3v) is 6.64. The second-order valence-electron chi connectivity index (χ2n) is 8.00. The van der Waals surface area contributed by atoms with Crippen molar-refractivity contribution < 1.29 is 19.1 Å². The molecule has 0 bridgehead atoms. The van der Waals surface area contributed by atoms with Gasteiger partial charge in [0.05, 0.1) is 11.6 Å². The summed E-state index contributed by atoms with van der Waals surface area (Å²) in [6, 6.07) is 18.6. The molecule has 2 amide bonds. The van der Waals surface area contributed by atoms with Crippen molar-refractivity contribution in [2.24, 2.45) is 5.92 Å². The summed E-state index contributed by atoms with van der Waals surface area (Å²) >= 11 is 12.4. The summed E-state index contributed by atoms with van der Waals surface area (Å²) in [6.45, 7) is 1.92. The second-order valence-corrected chi connectivity index (χ2v) is 8.88. The first-order chi connectivity index (χ1) is 15.3. The summed E-state index contributed by atoms with van der Waals surface area (Å²) < 4.78 is 5.60. The number of carbonyl (C=O) groups excluding carboxylic acids is 3. The molecule has 32 heavy (non-hydrogen) atoms. The molecule has 2 aliphatic heterocycles. The van der Waals surface area contributed by atoms with E-state index in [2.05, 4.69) is 0 Å². The molecule has 0 aromatic heterocycles. The minimum absolute atomic E-state index is 0.142. The van der Waals surface area contributed by atoms with Crippen molar-refractivity contribution in [3.63, 3.8) is 0 Å². The summed E-state index contributed by atoms with van der Waals surface area (Å²) in [5, 5.41) is 0.879. The number of halogens is 2.